The van der Waals surface area contributed by atoms with Gasteiger partial charge < -0.3 is 14.6 Å². The van der Waals surface area contributed by atoms with Crippen LogP contribution in [0.25, 0.3) is 0 Å². The van der Waals surface area contributed by atoms with E-state index in [4.69, 9.17) is 4.74 Å². The van der Waals surface area contributed by atoms with Gasteiger partial charge in [-0.05, 0) is 14.0 Å². The normalized spacial score (nSPS) is 25.1. The van der Waals surface area contributed by atoms with Crippen LogP contribution < -0.4 is 5.32 Å². The van der Waals surface area contributed by atoms with Gasteiger partial charge in [-0.25, -0.2) is 4.98 Å². The van der Waals surface area contributed by atoms with Crippen LogP contribution in [0.2, 0.25) is 0 Å². The van der Waals surface area contributed by atoms with Crippen LogP contribution in [-0.4, -0.2) is 53.3 Å². The highest BCUT2D eigenvalue weighted by atomic mass is 16.5. The summed E-state index contributed by atoms with van der Waals surface area (Å²) in [7, 11) is 2.17. The first-order valence-corrected chi connectivity index (χ1v) is 7.18. The van der Waals surface area contributed by atoms with Crippen molar-refractivity contribution in [3.8, 4) is 0 Å². The molecule has 5 nitrogen and oxygen atoms in total. The number of nitrogens with one attached hydrogen (secondary N) is 1. The Labute approximate surface area is 116 Å². The molecule has 2 unspecified atom stereocenters. The summed E-state index contributed by atoms with van der Waals surface area (Å²) in [4.78, 5) is 6.67. The summed E-state index contributed by atoms with van der Waals surface area (Å²) in [6.45, 7) is 10.1. The minimum Gasteiger partial charge on any atom is -0.374 e. The van der Waals surface area contributed by atoms with Gasteiger partial charge in [0.15, 0.2) is 0 Å². The number of hydrogen-bond acceptors (Lipinski definition) is 4. The van der Waals surface area contributed by atoms with Crippen molar-refractivity contribution in [3.05, 3.63) is 18.2 Å². The maximum atomic E-state index is 5.99. The Bertz CT molecular complexity index is 391. The molecule has 1 N–H and O–H groups in total. The average Bonchev–Trinajstić information content (AvgIpc) is 2.84. The molecule has 0 spiro atoms. The van der Waals surface area contributed by atoms with Crippen molar-refractivity contribution in [2.45, 2.75) is 45.5 Å². The molecule has 0 amide bonds. The van der Waals surface area contributed by atoms with Gasteiger partial charge in [-0.2, -0.15) is 0 Å². The van der Waals surface area contributed by atoms with E-state index in [-0.39, 0.29) is 12.1 Å². The average molecular weight is 266 g/mol. The Morgan fingerprint density at radius 3 is 3.00 bits per heavy atom. The number of rotatable bonds is 5. The second kappa shape index (κ2) is 6.50. The molecule has 0 aliphatic carbocycles. The van der Waals surface area contributed by atoms with Crippen molar-refractivity contribution in [1.29, 1.82) is 0 Å². The Balaban J connectivity index is 2.16. The van der Waals surface area contributed by atoms with Crippen LogP contribution in [0, 0.1) is 0 Å². The highest BCUT2D eigenvalue weighted by Crippen LogP contribution is 2.28. The first-order valence-electron chi connectivity index (χ1n) is 7.18. The largest absolute Gasteiger partial charge is 0.374 e. The molecular formula is C14H26N4O. The maximum Gasteiger partial charge on any atom is 0.0948 e. The molecule has 1 aliphatic heterocycles. The molecule has 5 heteroatoms. The molecule has 0 bridgehead atoms. The molecule has 19 heavy (non-hydrogen) atoms. The quantitative estimate of drug-likeness (QED) is 0.871. The third-order valence-corrected chi connectivity index (χ3v) is 3.72. The zero-order valence-electron chi connectivity index (χ0n) is 12.5. The number of morpholine rings is 1. The van der Waals surface area contributed by atoms with Gasteiger partial charge in [0.2, 0.25) is 0 Å². The van der Waals surface area contributed by atoms with Crippen molar-refractivity contribution in [3.63, 3.8) is 0 Å². The van der Waals surface area contributed by atoms with Gasteiger partial charge in [-0.1, -0.05) is 13.8 Å². The van der Waals surface area contributed by atoms with Gasteiger partial charge in [0.25, 0.3) is 0 Å². The summed E-state index contributed by atoms with van der Waals surface area (Å²) in [5.41, 5.74) is 1.25. The van der Waals surface area contributed by atoms with Crippen molar-refractivity contribution >= 4 is 0 Å². The highest BCUT2D eigenvalue weighted by Gasteiger charge is 2.33. The standard InChI is InChI=1S/C14H26N4O/c1-5-18-10-15-8-12(18)14-13(9-16-11(2)3)19-7-6-17(14)4/h8,10-11,13-14,16H,5-7,9H2,1-4H3. The molecule has 0 saturated carbocycles. The van der Waals surface area contributed by atoms with Crippen LogP contribution in [0.5, 0.6) is 0 Å². The lowest BCUT2D eigenvalue weighted by Crippen LogP contribution is -2.48. The van der Waals surface area contributed by atoms with Crippen LogP contribution >= 0.6 is 0 Å². The molecule has 1 aliphatic rings. The van der Waals surface area contributed by atoms with E-state index in [2.05, 4.69) is 47.6 Å². The molecule has 2 rings (SSSR count). The monoisotopic (exact) mass is 266 g/mol. The van der Waals surface area contributed by atoms with Gasteiger partial charge in [-0.3, -0.25) is 4.90 Å². The lowest BCUT2D eigenvalue weighted by Gasteiger charge is -2.39. The van der Waals surface area contributed by atoms with Crippen molar-refractivity contribution in [2.24, 2.45) is 0 Å². The summed E-state index contributed by atoms with van der Waals surface area (Å²) in [5.74, 6) is 0. The van der Waals surface area contributed by atoms with E-state index in [9.17, 15) is 0 Å². The minimum atomic E-state index is 0.183. The lowest BCUT2D eigenvalue weighted by atomic mass is 10.0. The topological polar surface area (TPSA) is 42.3 Å². The van der Waals surface area contributed by atoms with E-state index in [0.29, 0.717) is 6.04 Å². The third-order valence-electron chi connectivity index (χ3n) is 3.72. The molecule has 2 atom stereocenters. The Hall–Kier alpha value is -0.910. The van der Waals surface area contributed by atoms with Crippen molar-refractivity contribution < 1.29 is 4.74 Å². The Morgan fingerprint density at radius 1 is 1.53 bits per heavy atom. The highest BCUT2D eigenvalue weighted by molar-refractivity contribution is 5.09. The van der Waals surface area contributed by atoms with Gasteiger partial charge in [0, 0.05) is 31.9 Å². The summed E-state index contributed by atoms with van der Waals surface area (Å²) in [6, 6.07) is 0.759. The predicted octanol–water partition coefficient (Wildman–Crippen LogP) is 1.27. The first kappa shape index (κ1) is 14.5. The molecule has 0 aromatic carbocycles. The molecule has 108 valence electrons. The second-order valence-electron chi connectivity index (χ2n) is 5.50. The summed E-state index contributed by atoms with van der Waals surface area (Å²) in [6.07, 6.45) is 4.06. The van der Waals surface area contributed by atoms with E-state index in [1.54, 1.807) is 0 Å². The molecule has 1 aromatic rings. The van der Waals surface area contributed by atoms with Crippen LogP contribution in [0.1, 0.15) is 32.5 Å². The molecule has 1 fully saturated rings. The van der Waals surface area contributed by atoms with Gasteiger partial charge in [-0.15, -0.1) is 0 Å². The zero-order valence-corrected chi connectivity index (χ0v) is 12.5. The van der Waals surface area contributed by atoms with Crippen LogP contribution in [0.4, 0.5) is 0 Å². The molecule has 1 aromatic heterocycles. The predicted molar refractivity (Wildman–Crippen MR) is 76.2 cm³/mol. The fourth-order valence-corrected chi connectivity index (χ4v) is 2.64. The van der Waals surface area contributed by atoms with Gasteiger partial charge in [0.1, 0.15) is 0 Å². The number of hydrogen-bond donors (Lipinski definition) is 1. The summed E-state index contributed by atoms with van der Waals surface area (Å²) < 4.78 is 8.20. The van der Waals surface area contributed by atoms with E-state index in [1.807, 2.05) is 12.5 Å². The van der Waals surface area contributed by atoms with E-state index in [1.165, 1.54) is 5.69 Å². The van der Waals surface area contributed by atoms with E-state index < -0.39 is 0 Å². The van der Waals surface area contributed by atoms with Crippen molar-refractivity contribution in [2.75, 3.05) is 26.7 Å². The van der Waals surface area contributed by atoms with Crippen LogP contribution in [0.15, 0.2) is 12.5 Å². The lowest BCUT2D eigenvalue weighted by molar-refractivity contribution is -0.0643. The third kappa shape index (κ3) is 3.35. The Morgan fingerprint density at radius 2 is 2.32 bits per heavy atom. The molecule has 1 saturated heterocycles. The number of aromatic nitrogens is 2. The minimum absolute atomic E-state index is 0.183. The SMILES string of the molecule is CCn1cncc1C1C(CNC(C)C)OCCN1C. The second-order valence-corrected chi connectivity index (χ2v) is 5.50. The fourth-order valence-electron chi connectivity index (χ4n) is 2.64. The van der Waals surface area contributed by atoms with Gasteiger partial charge in [0.05, 0.1) is 30.8 Å². The number of ether oxygens (including phenoxy) is 1. The summed E-state index contributed by atoms with van der Waals surface area (Å²) >= 11 is 0. The first-order chi connectivity index (χ1) is 9.13. The number of aryl methyl sites for hydroxylation is 1. The maximum absolute atomic E-state index is 5.99. The fraction of sp³-hybridized carbons (Fsp3) is 0.786. The molecule has 2 heterocycles. The zero-order chi connectivity index (χ0) is 13.8. The smallest absolute Gasteiger partial charge is 0.0948 e. The van der Waals surface area contributed by atoms with Gasteiger partial charge >= 0.3 is 0 Å². The van der Waals surface area contributed by atoms with Crippen LogP contribution in [0.3, 0.4) is 0 Å². The molecular weight excluding hydrogens is 240 g/mol. The van der Waals surface area contributed by atoms with E-state index in [0.717, 1.165) is 26.2 Å². The van der Waals surface area contributed by atoms with E-state index >= 15 is 0 Å². The number of imidazole rings is 1. The summed E-state index contributed by atoms with van der Waals surface area (Å²) in [5, 5.41) is 3.48. The number of likely N-dealkylation sites (N-methyl/N-ethyl adjacent to an activating group) is 1. The Kier molecular flexibility index (Phi) is 4.96. The van der Waals surface area contributed by atoms with Crippen LogP contribution in [-0.2, 0) is 11.3 Å². The number of nitrogens with zero attached hydrogens (tertiary/aromatic N) is 3. The molecule has 0 radical (unpaired) electrons. The van der Waals surface area contributed by atoms with Crippen molar-refractivity contribution in [1.82, 2.24) is 19.8 Å².